The fourth-order valence-corrected chi connectivity index (χ4v) is 2.52. The second kappa shape index (κ2) is 3.11. The summed E-state index contributed by atoms with van der Waals surface area (Å²) < 4.78 is 18.6. The molecule has 0 amide bonds. The summed E-state index contributed by atoms with van der Waals surface area (Å²) >= 11 is 0. The van der Waals surface area contributed by atoms with Crippen LogP contribution in [-0.4, -0.2) is 39.7 Å². The zero-order valence-electron chi connectivity index (χ0n) is 7.17. The van der Waals surface area contributed by atoms with Gasteiger partial charge in [-0.2, -0.15) is 0 Å². The molecule has 11 heavy (non-hydrogen) atoms. The van der Waals surface area contributed by atoms with E-state index in [4.69, 9.17) is 4.78 Å². The Kier molecular flexibility index (Phi) is 2.54. The summed E-state index contributed by atoms with van der Waals surface area (Å²) in [5.41, 5.74) is 0. The highest BCUT2D eigenvalue weighted by atomic mass is 32.2. The number of nitrogens with one attached hydrogen (secondary N) is 1. The molecular weight excluding hydrogens is 160 g/mol. The van der Waals surface area contributed by atoms with Gasteiger partial charge in [0.05, 0.1) is 0 Å². The predicted molar refractivity (Wildman–Crippen MR) is 47.3 cm³/mol. The molecular formula is C7H16N2OS. The second-order valence-electron chi connectivity index (χ2n) is 3.35. The van der Waals surface area contributed by atoms with Gasteiger partial charge in [-0.1, -0.05) is 0 Å². The molecule has 1 aliphatic rings. The van der Waals surface area contributed by atoms with E-state index in [9.17, 15) is 4.21 Å². The minimum Gasteiger partial charge on any atom is -0.299 e. The molecule has 3 nitrogen and oxygen atoms in total. The smallest absolute Gasteiger partial charge is 0.0466 e. The maximum atomic E-state index is 11.2. The normalized spacial score (nSPS) is 25.7. The van der Waals surface area contributed by atoms with Crippen LogP contribution in [-0.2, 0) is 9.73 Å². The highest BCUT2D eigenvalue weighted by Gasteiger charge is 2.19. The average Bonchev–Trinajstić information content (AvgIpc) is 1.86. The molecule has 0 aromatic carbocycles. The van der Waals surface area contributed by atoms with Gasteiger partial charge in [0.1, 0.15) is 0 Å². The van der Waals surface area contributed by atoms with E-state index in [0.29, 0.717) is 17.5 Å². The Bertz CT molecular complexity index is 207. The first kappa shape index (κ1) is 9.00. The third-order valence-corrected chi connectivity index (χ3v) is 3.83. The molecule has 1 heterocycles. The molecule has 0 aliphatic carbocycles. The molecule has 0 bridgehead atoms. The summed E-state index contributed by atoms with van der Waals surface area (Å²) in [6.45, 7) is 5.94. The van der Waals surface area contributed by atoms with E-state index < -0.39 is 9.73 Å². The summed E-state index contributed by atoms with van der Waals surface area (Å²) in [6, 6.07) is 0.533. The first-order valence-corrected chi connectivity index (χ1v) is 5.89. The van der Waals surface area contributed by atoms with Crippen molar-refractivity contribution in [3.8, 4) is 0 Å². The van der Waals surface area contributed by atoms with E-state index in [1.807, 2.05) is 0 Å². The van der Waals surface area contributed by atoms with E-state index >= 15 is 0 Å². The summed E-state index contributed by atoms with van der Waals surface area (Å²) in [5, 5.41) is 0. The van der Waals surface area contributed by atoms with E-state index in [2.05, 4.69) is 18.7 Å². The number of hydrogen-bond donors (Lipinski definition) is 1. The van der Waals surface area contributed by atoms with Crippen LogP contribution in [0, 0.1) is 4.78 Å². The minimum absolute atomic E-state index is 0.533. The fraction of sp³-hybridized carbons (Fsp3) is 1.00. The topological polar surface area (TPSA) is 44.2 Å². The molecule has 1 N–H and O–H groups in total. The van der Waals surface area contributed by atoms with Crippen molar-refractivity contribution in [2.24, 2.45) is 0 Å². The Balaban J connectivity index is 2.49. The molecule has 0 spiro atoms. The molecule has 0 radical (unpaired) electrons. The van der Waals surface area contributed by atoms with Crippen molar-refractivity contribution in [2.45, 2.75) is 19.9 Å². The Hall–Kier alpha value is -0.0900. The van der Waals surface area contributed by atoms with Crippen LogP contribution >= 0.6 is 0 Å². The van der Waals surface area contributed by atoms with Gasteiger partial charge in [0.15, 0.2) is 0 Å². The number of nitrogens with zero attached hydrogens (tertiary/aromatic N) is 1. The SMILES string of the molecule is CC(C)N1CCS(=N)(=O)CC1. The Morgan fingerprint density at radius 2 is 1.82 bits per heavy atom. The van der Waals surface area contributed by atoms with E-state index in [0.717, 1.165) is 13.1 Å². The summed E-state index contributed by atoms with van der Waals surface area (Å²) in [6.07, 6.45) is 0. The summed E-state index contributed by atoms with van der Waals surface area (Å²) in [7, 11) is -2.19. The largest absolute Gasteiger partial charge is 0.299 e. The van der Waals surface area contributed by atoms with Gasteiger partial charge in [-0.05, 0) is 13.8 Å². The zero-order chi connectivity index (χ0) is 8.48. The lowest BCUT2D eigenvalue weighted by atomic mass is 10.3. The van der Waals surface area contributed by atoms with Gasteiger partial charge in [0, 0.05) is 40.4 Å². The summed E-state index contributed by atoms with van der Waals surface area (Å²) in [4.78, 5) is 2.28. The Labute approximate surface area is 68.8 Å². The molecule has 1 fully saturated rings. The van der Waals surface area contributed by atoms with Crippen molar-refractivity contribution in [3.05, 3.63) is 0 Å². The third-order valence-electron chi connectivity index (χ3n) is 2.15. The molecule has 4 heteroatoms. The van der Waals surface area contributed by atoms with Gasteiger partial charge in [-0.3, -0.25) is 9.68 Å². The van der Waals surface area contributed by atoms with Crippen LogP contribution in [0.15, 0.2) is 0 Å². The number of rotatable bonds is 1. The van der Waals surface area contributed by atoms with Gasteiger partial charge in [-0.25, -0.2) is 4.21 Å². The van der Waals surface area contributed by atoms with Crippen molar-refractivity contribution in [1.82, 2.24) is 4.90 Å². The molecule has 1 rings (SSSR count). The zero-order valence-corrected chi connectivity index (χ0v) is 7.99. The van der Waals surface area contributed by atoms with Crippen molar-refractivity contribution in [3.63, 3.8) is 0 Å². The van der Waals surface area contributed by atoms with Crippen molar-refractivity contribution < 1.29 is 4.21 Å². The highest BCUT2D eigenvalue weighted by molar-refractivity contribution is 7.92. The lowest BCUT2D eigenvalue weighted by molar-refractivity contribution is 0.242. The van der Waals surface area contributed by atoms with E-state index in [-0.39, 0.29) is 0 Å². The van der Waals surface area contributed by atoms with E-state index in [1.165, 1.54) is 0 Å². The van der Waals surface area contributed by atoms with Crippen LogP contribution in [0.4, 0.5) is 0 Å². The van der Waals surface area contributed by atoms with Crippen molar-refractivity contribution in [2.75, 3.05) is 24.6 Å². The van der Waals surface area contributed by atoms with Gasteiger partial charge in [0.2, 0.25) is 0 Å². The first-order valence-electron chi connectivity index (χ1n) is 3.99. The molecule has 0 unspecified atom stereocenters. The monoisotopic (exact) mass is 176 g/mol. The predicted octanol–water partition coefficient (Wildman–Crippen LogP) is 0.757. The summed E-state index contributed by atoms with van der Waals surface area (Å²) in [5.74, 6) is 1.12. The Morgan fingerprint density at radius 3 is 2.18 bits per heavy atom. The lowest BCUT2D eigenvalue weighted by Gasteiger charge is -2.30. The molecule has 0 aromatic rings. The van der Waals surface area contributed by atoms with Crippen molar-refractivity contribution in [1.29, 1.82) is 4.78 Å². The lowest BCUT2D eigenvalue weighted by Crippen LogP contribution is -2.43. The van der Waals surface area contributed by atoms with Crippen LogP contribution < -0.4 is 0 Å². The quantitative estimate of drug-likeness (QED) is 0.641. The standard InChI is InChI=1S/C7H16N2OS/c1-7(2)9-3-5-11(8,10)6-4-9/h7-8H,3-6H2,1-2H3. The van der Waals surface area contributed by atoms with Gasteiger partial charge >= 0.3 is 0 Å². The van der Waals surface area contributed by atoms with Crippen LogP contribution in [0.25, 0.3) is 0 Å². The molecule has 0 aromatic heterocycles. The number of hydrogen-bond acceptors (Lipinski definition) is 3. The minimum atomic E-state index is -2.19. The molecule has 1 aliphatic heterocycles. The fourth-order valence-electron chi connectivity index (χ4n) is 1.26. The van der Waals surface area contributed by atoms with Crippen LogP contribution in [0.2, 0.25) is 0 Å². The van der Waals surface area contributed by atoms with Gasteiger partial charge in [-0.15, -0.1) is 0 Å². The molecule has 0 atom stereocenters. The van der Waals surface area contributed by atoms with Crippen LogP contribution in [0.5, 0.6) is 0 Å². The maximum absolute atomic E-state index is 11.2. The first-order chi connectivity index (χ1) is 5.01. The van der Waals surface area contributed by atoms with E-state index in [1.54, 1.807) is 0 Å². The second-order valence-corrected chi connectivity index (χ2v) is 5.79. The van der Waals surface area contributed by atoms with Crippen molar-refractivity contribution >= 4 is 9.73 Å². The Morgan fingerprint density at radius 1 is 1.36 bits per heavy atom. The van der Waals surface area contributed by atoms with Crippen LogP contribution in [0.1, 0.15) is 13.8 Å². The highest BCUT2D eigenvalue weighted by Crippen LogP contribution is 2.07. The molecule has 1 saturated heterocycles. The molecule has 0 saturated carbocycles. The third kappa shape index (κ3) is 2.45. The van der Waals surface area contributed by atoms with Crippen LogP contribution in [0.3, 0.4) is 0 Å². The van der Waals surface area contributed by atoms with Gasteiger partial charge in [0.25, 0.3) is 0 Å². The van der Waals surface area contributed by atoms with Gasteiger partial charge < -0.3 is 0 Å². The average molecular weight is 176 g/mol. The molecule has 66 valence electrons. The maximum Gasteiger partial charge on any atom is 0.0466 e.